The third-order valence-electron chi connectivity index (χ3n) is 10.2. The van der Waals surface area contributed by atoms with Crippen molar-refractivity contribution < 1.29 is 9.47 Å². The first-order chi connectivity index (χ1) is 18.5. The summed E-state index contributed by atoms with van der Waals surface area (Å²) in [6, 6.07) is 7.48. The van der Waals surface area contributed by atoms with Crippen LogP contribution in [0.5, 0.6) is 0 Å². The summed E-state index contributed by atoms with van der Waals surface area (Å²) in [6.45, 7) is 16.3. The molecule has 2 fully saturated rings. The van der Waals surface area contributed by atoms with Crippen molar-refractivity contribution in [2.45, 2.75) is 116 Å². The molecule has 4 aliphatic rings. The van der Waals surface area contributed by atoms with Crippen LogP contribution in [0, 0.1) is 11.3 Å². The molecule has 3 heterocycles. The molecule has 39 heavy (non-hydrogen) atoms. The molecule has 1 aromatic carbocycles. The number of nitrogens with zero attached hydrogens (tertiary/aromatic N) is 2. The van der Waals surface area contributed by atoms with Crippen LogP contribution in [-0.4, -0.2) is 30.4 Å². The number of piperidine rings is 1. The van der Waals surface area contributed by atoms with Crippen molar-refractivity contribution in [2.75, 3.05) is 18.0 Å². The molecule has 6 heteroatoms. The van der Waals surface area contributed by atoms with E-state index in [-0.39, 0.29) is 22.5 Å². The Kier molecular flexibility index (Phi) is 6.92. The van der Waals surface area contributed by atoms with Gasteiger partial charge in [0.05, 0.1) is 5.69 Å². The van der Waals surface area contributed by atoms with E-state index >= 15 is 0 Å². The molecule has 2 aromatic rings. The fourth-order valence-electron chi connectivity index (χ4n) is 7.29. The first-order valence-electron chi connectivity index (χ1n) is 15.2. The molecular formula is C33H47N3O2S. The van der Waals surface area contributed by atoms with Crippen molar-refractivity contribution in [3.63, 3.8) is 0 Å². The van der Waals surface area contributed by atoms with Crippen molar-refractivity contribution in [1.82, 2.24) is 10.3 Å². The van der Waals surface area contributed by atoms with Gasteiger partial charge in [-0.1, -0.05) is 66.5 Å². The summed E-state index contributed by atoms with van der Waals surface area (Å²) in [5.41, 5.74) is 6.09. The Balaban J connectivity index is 1.05. The summed E-state index contributed by atoms with van der Waals surface area (Å²) in [5.74, 6) is 1.27. The number of hydrogen-bond acceptors (Lipinski definition) is 6. The van der Waals surface area contributed by atoms with Gasteiger partial charge < -0.3 is 19.7 Å². The standard InChI is InChI=1S/C33H47N3O2S/c1-31(2)14-8-7-9-25(31)29-37-20-28(38-29)34-23-12-17-36(18-13-23)30-35-27(21-39-30)22-10-11-24-26(19-22)33(5,6)16-15-32(24,3)4/h10-11,19-21,23,25,29,34H,7-9,12-18H2,1-6H3/t25-,29?/m0/s1. The Labute approximate surface area is 239 Å². The third kappa shape index (κ3) is 5.30. The largest absolute Gasteiger partial charge is 0.457 e. The second kappa shape index (κ2) is 10.0. The first-order valence-corrected chi connectivity index (χ1v) is 16.0. The number of fused-ring (bicyclic) bond motifs is 1. The maximum atomic E-state index is 6.27. The zero-order chi connectivity index (χ0) is 27.4. The number of nitrogens with one attached hydrogen (secondary N) is 1. The van der Waals surface area contributed by atoms with Crippen molar-refractivity contribution in [1.29, 1.82) is 0 Å². The van der Waals surface area contributed by atoms with Crippen LogP contribution in [0.3, 0.4) is 0 Å². The minimum absolute atomic E-state index is 0.142. The number of rotatable bonds is 5. The molecule has 2 aliphatic heterocycles. The van der Waals surface area contributed by atoms with Gasteiger partial charge in [0.15, 0.2) is 5.13 Å². The number of benzene rings is 1. The molecule has 1 N–H and O–H groups in total. The van der Waals surface area contributed by atoms with Crippen molar-refractivity contribution in [3.8, 4) is 11.3 Å². The van der Waals surface area contributed by atoms with Gasteiger partial charge in [-0.2, -0.15) is 0 Å². The normalized spacial score (nSPS) is 27.7. The first kappa shape index (κ1) is 27.0. The summed E-state index contributed by atoms with van der Waals surface area (Å²) in [4.78, 5) is 7.56. The van der Waals surface area contributed by atoms with Crippen LogP contribution in [-0.2, 0) is 20.3 Å². The van der Waals surface area contributed by atoms with E-state index < -0.39 is 0 Å². The molecule has 1 saturated carbocycles. The molecule has 1 aromatic heterocycles. The number of anilines is 1. The van der Waals surface area contributed by atoms with E-state index in [9.17, 15) is 0 Å². The Morgan fingerprint density at radius 2 is 1.67 bits per heavy atom. The number of thiazole rings is 1. The van der Waals surface area contributed by atoms with Crippen molar-refractivity contribution in [3.05, 3.63) is 46.9 Å². The summed E-state index contributed by atoms with van der Waals surface area (Å²) in [5, 5.41) is 7.01. The molecule has 1 unspecified atom stereocenters. The molecular weight excluding hydrogens is 502 g/mol. The fraction of sp³-hybridized carbons (Fsp3) is 0.667. The Bertz CT molecular complexity index is 1220. The predicted molar refractivity (Wildman–Crippen MR) is 161 cm³/mol. The third-order valence-corrected chi connectivity index (χ3v) is 11.1. The lowest BCUT2D eigenvalue weighted by molar-refractivity contribution is -0.123. The van der Waals surface area contributed by atoms with Gasteiger partial charge >= 0.3 is 0 Å². The minimum atomic E-state index is -0.142. The van der Waals surface area contributed by atoms with Gasteiger partial charge in [-0.25, -0.2) is 4.98 Å². The van der Waals surface area contributed by atoms with Gasteiger partial charge in [-0.3, -0.25) is 0 Å². The van der Waals surface area contributed by atoms with Crippen LogP contribution in [0.25, 0.3) is 11.3 Å². The molecule has 1 saturated heterocycles. The molecule has 5 nitrogen and oxygen atoms in total. The van der Waals surface area contributed by atoms with Crippen LogP contribution in [0.1, 0.15) is 104 Å². The highest BCUT2D eigenvalue weighted by Gasteiger charge is 2.42. The van der Waals surface area contributed by atoms with Gasteiger partial charge in [0.25, 0.3) is 0 Å². The van der Waals surface area contributed by atoms with Gasteiger partial charge in [0.2, 0.25) is 12.2 Å². The molecule has 2 atom stereocenters. The Morgan fingerprint density at radius 3 is 2.41 bits per heavy atom. The van der Waals surface area contributed by atoms with E-state index in [1.807, 2.05) is 6.26 Å². The number of hydrogen-bond donors (Lipinski definition) is 1. The van der Waals surface area contributed by atoms with Crippen LogP contribution < -0.4 is 10.2 Å². The summed E-state index contributed by atoms with van der Waals surface area (Å²) >= 11 is 1.78. The average Bonchev–Trinajstić information content (AvgIpc) is 3.57. The lowest BCUT2D eigenvalue weighted by Gasteiger charge is -2.42. The Morgan fingerprint density at radius 1 is 0.923 bits per heavy atom. The SMILES string of the molecule is CC1(C)CCC(C)(C)c2cc(-c3csc(N4CCC(NC5=COC([C@@H]6CCCCC6(C)C)O5)CC4)n3)ccc21. The van der Waals surface area contributed by atoms with E-state index in [1.165, 1.54) is 55.2 Å². The van der Waals surface area contributed by atoms with Crippen LogP contribution in [0.4, 0.5) is 5.13 Å². The van der Waals surface area contributed by atoms with E-state index in [1.54, 1.807) is 11.3 Å². The van der Waals surface area contributed by atoms with E-state index in [0.717, 1.165) is 42.6 Å². The molecule has 6 rings (SSSR count). The summed E-state index contributed by atoms with van der Waals surface area (Å²) < 4.78 is 12.3. The lowest BCUT2D eigenvalue weighted by atomic mass is 9.63. The highest BCUT2D eigenvalue weighted by Crippen LogP contribution is 2.47. The second-order valence-corrected chi connectivity index (χ2v) is 15.2. The van der Waals surface area contributed by atoms with Crippen molar-refractivity contribution in [2.24, 2.45) is 11.3 Å². The van der Waals surface area contributed by atoms with Gasteiger partial charge in [-0.05, 0) is 72.0 Å². The smallest absolute Gasteiger partial charge is 0.245 e. The van der Waals surface area contributed by atoms with E-state index in [0.29, 0.717) is 12.0 Å². The minimum Gasteiger partial charge on any atom is -0.457 e. The maximum Gasteiger partial charge on any atom is 0.245 e. The average molecular weight is 550 g/mol. The molecule has 0 amide bonds. The van der Waals surface area contributed by atoms with E-state index in [4.69, 9.17) is 14.5 Å². The topological polar surface area (TPSA) is 46.6 Å². The zero-order valence-electron chi connectivity index (χ0n) is 24.8. The van der Waals surface area contributed by atoms with E-state index in [2.05, 4.69) is 75.3 Å². The van der Waals surface area contributed by atoms with Gasteiger partial charge in [0, 0.05) is 36.0 Å². The second-order valence-electron chi connectivity index (χ2n) is 14.4. The van der Waals surface area contributed by atoms with Gasteiger partial charge in [-0.15, -0.1) is 11.3 Å². The molecule has 0 spiro atoms. The highest BCUT2D eigenvalue weighted by molar-refractivity contribution is 7.14. The van der Waals surface area contributed by atoms with Crippen LogP contribution in [0.15, 0.2) is 35.7 Å². The predicted octanol–water partition coefficient (Wildman–Crippen LogP) is 8.11. The maximum absolute atomic E-state index is 6.27. The molecule has 212 valence electrons. The van der Waals surface area contributed by atoms with Gasteiger partial charge in [0.1, 0.15) is 6.26 Å². The quantitative estimate of drug-likeness (QED) is 0.408. The summed E-state index contributed by atoms with van der Waals surface area (Å²) in [7, 11) is 0. The lowest BCUT2D eigenvalue weighted by Crippen LogP contribution is -2.43. The Hall–Kier alpha value is -2.21. The monoisotopic (exact) mass is 549 g/mol. The van der Waals surface area contributed by atoms with Crippen molar-refractivity contribution >= 4 is 16.5 Å². The molecule has 2 aliphatic carbocycles. The highest BCUT2D eigenvalue weighted by atomic mass is 32.1. The molecule has 0 radical (unpaired) electrons. The molecule has 0 bridgehead atoms. The fourth-order valence-corrected chi connectivity index (χ4v) is 8.17. The number of ether oxygens (including phenoxy) is 2. The van der Waals surface area contributed by atoms with Crippen LogP contribution in [0.2, 0.25) is 0 Å². The summed E-state index contributed by atoms with van der Waals surface area (Å²) in [6.07, 6.45) is 11.3. The van der Waals surface area contributed by atoms with Crippen LogP contribution >= 0.6 is 11.3 Å². The number of aromatic nitrogens is 1. The zero-order valence-corrected chi connectivity index (χ0v) is 25.6.